The molecule has 0 spiro atoms. The molecular weight excluding hydrogens is 314 g/mol. The molecule has 1 fully saturated rings. The van der Waals surface area contributed by atoms with Crippen molar-refractivity contribution in [3.05, 3.63) is 35.9 Å². The third kappa shape index (κ3) is 5.42. The summed E-state index contributed by atoms with van der Waals surface area (Å²) in [5, 5.41) is 8.86. The van der Waals surface area contributed by atoms with E-state index < -0.39 is 24.1 Å². The summed E-state index contributed by atoms with van der Waals surface area (Å²) in [6, 6.07) is 9.62. The average Bonchev–Trinajstić information content (AvgIpc) is 2.87. The standard InChI is InChI=1S/C17H23NO6/c1-17(2,3)24-15(19)18-10-13(9-14(18)23-16(20)21)22-11-12-7-5-4-6-8-12/h4-8,13-14H,9-11H2,1-3H3,(H,20,21). The number of carboxylic acid groups (broad SMARTS) is 1. The van der Waals surface area contributed by atoms with E-state index in [1.54, 1.807) is 20.8 Å². The second-order valence-electron chi connectivity index (χ2n) is 6.63. The molecule has 1 N–H and O–H groups in total. The molecule has 1 aliphatic heterocycles. The van der Waals surface area contributed by atoms with Crippen LogP contribution in [0.3, 0.4) is 0 Å². The van der Waals surface area contributed by atoms with Crippen LogP contribution in [0, 0.1) is 0 Å². The predicted octanol–water partition coefficient (Wildman–Crippen LogP) is 3.23. The fourth-order valence-electron chi connectivity index (χ4n) is 2.41. The lowest BCUT2D eigenvalue weighted by molar-refractivity contribution is -0.0324. The number of hydrogen-bond donors (Lipinski definition) is 1. The minimum absolute atomic E-state index is 0.222. The quantitative estimate of drug-likeness (QED) is 0.849. The molecule has 24 heavy (non-hydrogen) atoms. The minimum Gasteiger partial charge on any atom is -0.450 e. The van der Waals surface area contributed by atoms with Crippen LogP contribution >= 0.6 is 0 Å². The zero-order valence-electron chi connectivity index (χ0n) is 14.1. The molecule has 1 saturated heterocycles. The SMILES string of the molecule is CC(C)(C)OC(=O)N1CC(OCc2ccccc2)CC1OC(=O)O. The Kier molecular flexibility index (Phi) is 5.66. The fourth-order valence-corrected chi connectivity index (χ4v) is 2.41. The summed E-state index contributed by atoms with van der Waals surface area (Å²) < 4.78 is 15.9. The molecule has 7 heteroatoms. The van der Waals surface area contributed by atoms with Crippen LogP contribution in [0.4, 0.5) is 9.59 Å². The van der Waals surface area contributed by atoms with Gasteiger partial charge in [-0.2, -0.15) is 0 Å². The third-order valence-corrected chi connectivity index (χ3v) is 3.41. The number of amides is 1. The molecule has 132 valence electrons. The van der Waals surface area contributed by atoms with Crippen LogP contribution in [0.1, 0.15) is 32.8 Å². The van der Waals surface area contributed by atoms with Gasteiger partial charge in [-0.15, -0.1) is 0 Å². The van der Waals surface area contributed by atoms with Crippen LogP contribution in [-0.4, -0.2) is 46.7 Å². The molecule has 0 aliphatic carbocycles. The number of hydrogen-bond acceptors (Lipinski definition) is 5. The topological polar surface area (TPSA) is 85.3 Å². The molecule has 2 unspecified atom stereocenters. The fraction of sp³-hybridized carbons (Fsp3) is 0.529. The van der Waals surface area contributed by atoms with Crippen molar-refractivity contribution in [2.45, 2.75) is 51.7 Å². The van der Waals surface area contributed by atoms with Crippen molar-refractivity contribution in [3.8, 4) is 0 Å². The Morgan fingerprint density at radius 2 is 1.92 bits per heavy atom. The van der Waals surface area contributed by atoms with Gasteiger partial charge in [0.2, 0.25) is 0 Å². The maximum absolute atomic E-state index is 12.2. The second kappa shape index (κ2) is 7.53. The summed E-state index contributed by atoms with van der Waals surface area (Å²) in [6.07, 6.45) is -2.99. The van der Waals surface area contributed by atoms with Crippen LogP contribution in [0.2, 0.25) is 0 Å². The number of benzene rings is 1. The van der Waals surface area contributed by atoms with Crippen molar-refractivity contribution in [3.63, 3.8) is 0 Å². The van der Waals surface area contributed by atoms with Gasteiger partial charge in [0, 0.05) is 6.42 Å². The van der Waals surface area contributed by atoms with Gasteiger partial charge in [-0.3, -0.25) is 4.90 Å². The third-order valence-electron chi connectivity index (χ3n) is 3.41. The zero-order chi connectivity index (χ0) is 17.7. The molecule has 1 heterocycles. The highest BCUT2D eigenvalue weighted by atomic mass is 16.7. The van der Waals surface area contributed by atoms with E-state index in [1.165, 1.54) is 4.90 Å². The highest BCUT2D eigenvalue weighted by Crippen LogP contribution is 2.25. The summed E-state index contributed by atoms with van der Waals surface area (Å²) in [5.74, 6) is 0. The number of rotatable bonds is 4. The van der Waals surface area contributed by atoms with E-state index in [0.29, 0.717) is 6.61 Å². The van der Waals surface area contributed by atoms with Gasteiger partial charge < -0.3 is 19.3 Å². The summed E-state index contributed by atoms with van der Waals surface area (Å²) in [5.41, 5.74) is 0.331. The predicted molar refractivity (Wildman–Crippen MR) is 85.5 cm³/mol. The lowest BCUT2D eigenvalue weighted by Crippen LogP contribution is -2.42. The molecule has 0 saturated carbocycles. The highest BCUT2D eigenvalue weighted by Gasteiger charge is 2.40. The summed E-state index contributed by atoms with van der Waals surface area (Å²) >= 11 is 0. The maximum atomic E-state index is 12.2. The van der Waals surface area contributed by atoms with Crippen molar-refractivity contribution in [1.82, 2.24) is 4.90 Å². The van der Waals surface area contributed by atoms with E-state index in [9.17, 15) is 9.59 Å². The average molecular weight is 337 g/mol. The Labute approximate surface area is 141 Å². The smallest absolute Gasteiger partial charge is 0.450 e. The van der Waals surface area contributed by atoms with Crippen LogP contribution in [-0.2, 0) is 20.8 Å². The van der Waals surface area contributed by atoms with Gasteiger partial charge in [0.15, 0.2) is 6.23 Å². The summed E-state index contributed by atoms with van der Waals surface area (Å²) in [4.78, 5) is 24.4. The van der Waals surface area contributed by atoms with Crippen LogP contribution < -0.4 is 0 Å². The van der Waals surface area contributed by atoms with Gasteiger partial charge in [0.1, 0.15) is 5.60 Å². The molecule has 0 bridgehead atoms. The van der Waals surface area contributed by atoms with E-state index in [2.05, 4.69) is 0 Å². The Bertz CT molecular complexity index is 568. The van der Waals surface area contributed by atoms with Crippen molar-refractivity contribution in [1.29, 1.82) is 0 Å². The molecule has 1 aromatic carbocycles. The first-order chi connectivity index (χ1) is 11.2. The van der Waals surface area contributed by atoms with Gasteiger partial charge in [0.05, 0.1) is 19.3 Å². The number of carbonyl (C=O) groups is 2. The van der Waals surface area contributed by atoms with Crippen LogP contribution in [0.5, 0.6) is 0 Å². The monoisotopic (exact) mass is 337 g/mol. The second-order valence-corrected chi connectivity index (χ2v) is 6.63. The lowest BCUT2D eigenvalue weighted by atomic mass is 10.2. The molecule has 0 radical (unpaired) electrons. The molecule has 0 aromatic heterocycles. The van der Waals surface area contributed by atoms with Crippen molar-refractivity contribution in [2.75, 3.05) is 6.54 Å². The van der Waals surface area contributed by atoms with Crippen molar-refractivity contribution >= 4 is 12.2 Å². The number of carbonyl (C=O) groups excluding carboxylic acids is 1. The normalized spacial score (nSPS) is 20.7. The molecule has 2 rings (SSSR count). The molecule has 1 aliphatic rings. The largest absolute Gasteiger partial charge is 0.507 e. The van der Waals surface area contributed by atoms with Gasteiger partial charge in [-0.05, 0) is 26.3 Å². The first-order valence-electron chi connectivity index (χ1n) is 7.79. The van der Waals surface area contributed by atoms with E-state index in [4.69, 9.17) is 19.3 Å². The van der Waals surface area contributed by atoms with E-state index >= 15 is 0 Å². The first kappa shape index (κ1) is 18.1. The van der Waals surface area contributed by atoms with Crippen molar-refractivity contribution in [2.24, 2.45) is 0 Å². The molecule has 7 nitrogen and oxygen atoms in total. The number of nitrogens with zero attached hydrogens (tertiary/aromatic N) is 1. The van der Waals surface area contributed by atoms with Crippen LogP contribution in [0.25, 0.3) is 0 Å². The minimum atomic E-state index is -1.43. The lowest BCUT2D eigenvalue weighted by Gasteiger charge is -2.27. The van der Waals surface area contributed by atoms with Gasteiger partial charge in [0.25, 0.3) is 0 Å². The Morgan fingerprint density at radius 3 is 2.50 bits per heavy atom. The molecule has 2 atom stereocenters. The Morgan fingerprint density at radius 1 is 1.25 bits per heavy atom. The zero-order valence-corrected chi connectivity index (χ0v) is 14.1. The van der Waals surface area contributed by atoms with Crippen molar-refractivity contribution < 1.29 is 28.9 Å². The number of ether oxygens (including phenoxy) is 3. The van der Waals surface area contributed by atoms with E-state index in [0.717, 1.165) is 5.56 Å². The van der Waals surface area contributed by atoms with Gasteiger partial charge >= 0.3 is 12.2 Å². The Hall–Kier alpha value is -2.28. The maximum Gasteiger partial charge on any atom is 0.507 e. The number of likely N-dealkylation sites (tertiary alicyclic amines) is 1. The van der Waals surface area contributed by atoms with E-state index in [-0.39, 0.29) is 19.1 Å². The Balaban J connectivity index is 1.98. The van der Waals surface area contributed by atoms with Gasteiger partial charge in [-0.25, -0.2) is 9.59 Å². The molecule has 1 aromatic rings. The van der Waals surface area contributed by atoms with Crippen LogP contribution in [0.15, 0.2) is 30.3 Å². The van der Waals surface area contributed by atoms with Gasteiger partial charge in [-0.1, -0.05) is 30.3 Å². The highest BCUT2D eigenvalue weighted by molar-refractivity contribution is 5.69. The van der Waals surface area contributed by atoms with E-state index in [1.807, 2.05) is 30.3 Å². The molecular formula is C17H23NO6. The first-order valence-corrected chi connectivity index (χ1v) is 7.79. The summed E-state index contributed by atoms with van der Waals surface area (Å²) in [7, 11) is 0. The summed E-state index contributed by atoms with van der Waals surface area (Å²) in [6.45, 7) is 5.85. The molecule has 1 amide bonds.